The second-order valence-electron chi connectivity index (χ2n) is 3.55. The van der Waals surface area contributed by atoms with Crippen LogP contribution in [0, 0.1) is 0 Å². The van der Waals surface area contributed by atoms with Crippen molar-refractivity contribution in [3.8, 4) is 5.75 Å². The summed E-state index contributed by atoms with van der Waals surface area (Å²) >= 11 is 0. The van der Waals surface area contributed by atoms with Gasteiger partial charge in [0, 0.05) is 19.8 Å². The Morgan fingerprint density at radius 1 is 1.62 bits per heavy atom. The van der Waals surface area contributed by atoms with Crippen LogP contribution in [-0.4, -0.2) is 48.1 Å². The second kappa shape index (κ2) is 6.07. The summed E-state index contributed by atoms with van der Waals surface area (Å²) in [5.74, 6) is -0.331. The van der Waals surface area contributed by atoms with E-state index in [1.54, 1.807) is 18.0 Å². The van der Waals surface area contributed by atoms with Gasteiger partial charge in [-0.3, -0.25) is 4.79 Å². The molecule has 0 aliphatic heterocycles. The maximum Gasteiger partial charge on any atom is 0.276 e. The van der Waals surface area contributed by atoms with Crippen LogP contribution in [0.3, 0.4) is 0 Å². The predicted molar refractivity (Wildman–Crippen MR) is 61.4 cm³/mol. The van der Waals surface area contributed by atoms with Gasteiger partial charge in [0.2, 0.25) is 0 Å². The van der Waals surface area contributed by atoms with Crippen molar-refractivity contribution in [3.05, 3.63) is 24.0 Å². The predicted octanol–water partition coefficient (Wildman–Crippen LogP) is 0.469. The van der Waals surface area contributed by atoms with Crippen LogP contribution in [-0.2, 0) is 0 Å². The summed E-state index contributed by atoms with van der Waals surface area (Å²) in [4.78, 5) is 17.3. The lowest BCUT2D eigenvalue weighted by atomic mass is 10.3. The maximum absolute atomic E-state index is 11.8. The summed E-state index contributed by atoms with van der Waals surface area (Å²) in [6.07, 6.45) is 2.36. The normalized spacial score (nSPS) is 10.1. The quantitative estimate of drug-likeness (QED) is 0.712. The molecule has 0 saturated carbocycles. The molecular weight excluding hydrogens is 206 g/mol. The van der Waals surface area contributed by atoms with Gasteiger partial charge in [-0.25, -0.2) is 4.98 Å². The first-order valence-electron chi connectivity index (χ1n) is 5.21. The highest BCUT2D eigenvalue weighted by atomic mass is 16.3. The van der Waals surface area contributed by atoms with E-state index in [0.29, 0.717) is 6.54 Å². The molecule has 1 aromatic heterocycles. The second-order valence-corrected chi connectivity index (χ2v) is 3.55. The van der Waals surface area contributed by atoms with Crippen molar-refractivity contribution in [1.29, 1.82) is 0 Å². The fourth-order valence-corrected chi connectivity index (χ4v) is 1.34. The van der Waals surface area contributed by atoms with E-state index in [0.717, 1.165) is 13.0 Å². The third kappa shape index (κ3) is 3.20. The summed E-state index contributed by atoms with van der Waals surface area (Å²) in [7, 11) is 3.57. The van der Waals surface area contributed by atoms with Gasteiger partial charge in [-0.1, -0.05) is 0 Å². The number of carbonyl (C=O) groups is 1. The largest absolute Gasteiger partial charge is 0.505 e. The average Bonchev–Trinajstić information content (AvgIpc) is 2.29. The fourth-order valence-electron chi connectivity index (χ4n) is 1.34. The van der Waals surface area contributed by atoms with Crippen LogP contribution in [0.25, 0.3) is 0 Å². The molecule has 1 aromatic rings. The number of pyridine rings is 1. The Kier molecular flexibility index (Phi) is 4.72. The summed E-state index contributed by atoms with van der Waals surface area (Å²) in [6, 6.07) is 3.05. The van der Waals surface area contributed by atoms with Gasteiger partial charge in [-0.05, 0) is 32.1 Å². The zero-order valence-electron chi connectivity index (χ0n) is 9.60. The Balaban J connectivity index is 2.60. The van der Waals surface area contributed by atoms with Crippen LogP contribution in [0.4, 0.5) is 0 Å². The molecule has 0 aliphatic carbocycles. The van der Waals surface area contributed by atoms with E-state index in [4.69, 9.17) is 0 Å². The van der Waals surface area contributed by atoms with Gasteiger partial charge in [0.05, 0.1) is 0 Å². The monoisotopic (exact) mass is 223 g/mol. The van der Waals surface area contributed by atoms with Crippen molar-refractivity contribution in [3.63, 3.8) is 0 Å². The van der Waals surface area contributed by atoms with E-state index in [2.05, 4.69) is 10.3 Å². The summed E-state index contributed by atoms with van der Waals surface area (Å²) in [5.41, 5.74) is 0.106. The summed E-state index contributed by atoms with van der Waals surface area (Å²) < 4.78 is 0. The molecule has 0 atom stereocenters. The molecule has 88 valence electrons. The molecule has 5 nitrogen and oxygen atoms in total. The van der Waals surface area contributed by atoms with Crippen molar-refractivity contribution in [2.45, 2.75) is 6.42 Å². The number of hydrogen-bond acceptors (Lipinski definition) is 4. The number of rotatable bonds is 5. The number of aromatic hydroxyl groups is 1. The lowest BCUT2D eigenvalue weighted by Crippen LogP contribution is -2.30. The van der Waals surface area contributed by atoms with Gasteiger partial charge < -0.3 is 15.3 Å². The van der Waals surface area contributed by atoms with E-state index >= 15 is 0 Å². The van der Waals surface area contributed by atoms with Crippen molar-refractivity contribution >= 4 is 5.91 Å². The molecule has 2 N–H and O–H groups in total. The van der Waals surface area contributed by atoms with Crippen molar-refractivity contribution in [1.82, 2.24) is 15.2 Å². The number of hydrogen-bond donors (Lipinski definition) is 2. The summed E-state index contributed by atoms with van der Waals surface area (Å²) in [6.45, 7) is 1.49. The molecule has 0 fully saturated rings. The molecule has 0 aromatic carbocycles. The lowest BCUT2D eigenvalue weighted by molar-refractivity contribution is 0.0784. The van der Waals surface area contributed by atoms with Gasteiger partial charge in [0.1, 0.15) is 5.75 Å². The van der Waals surface area contributed by atoms with Gasteiger partial charge in [-0.2, -0.15) is 0 Å². The number of nitrogens with one attached hydrogen (secondary N) is 1. The first-order chi connectivity index (χ1) is 7.66. The van der Waals surface area contributed by atoms with Crippen molar-refractivity contribution < 1.29 is 9.90 Å². The first kappa shape index (κ1) is 12.4. The fraction of sp³-hybridized carbons (Fsp3) is 0.455. The zero-order valence-corrected chi connectivity index (χ0v) is 9.60. The van der Waals surface area contributed by atoms with Gasteiger partial charge >= 0.3 is 0 Å². The van der Waals surface area contributed by atoms with E-state index in [9.17, 15) is 9.90 Å². The zero-order chi connectivity index (χ0) is 12.0. The minimum atomic E-state index is -0.255. The molecule has 0 aliphatic rings. The Morgan fingerprint density at radius 2 is 2.38 bits per heavy atom. The summed E-state index contributed by atoms with van der Waals surface area (Å²) in [5, 5.41) is 12.5. The van der Waals surface area contributed by atoms with Crippen LogP contribution in [0.5, 0.6) is 5.75 Å². The molecule has 0 spiro atoms. The lowest BCUT2D eigenvalue weighted by Gasteiger charge is -2.16. The van der Waals surface area contributed by atoms with E-state index in [1.165, 1.54) is 12.3 Å². The van der Waals surface area contributed by atoms with E-state index < -0.39 is 0 Å². The number of carbonyl (C=O) groups excluding carboxylic acids is 1. The Labute approximate surface area is 95.1 Å². The number of nitrogens with zero attached hydrogens (tertiary/aromatic N) is 2. The minimum absolute atomic E-state index is 0.0760. The van der Waals surface area contributed by atoms with Crippen LogP contribution in [0.1, 0.15) is 16.9 Å². The molecule has 1 amide bonds. The molecule has 1 rings (SSSR count). The van der Waals surface area contributed by atoms with Crippen LogP contribution >= 0.6 is 0 Å². The highest BCUT2D eigenvalue weighted by molar-refractivity contribution is 5.94. The smallest absolute Gasteiger partial charge is 0.276 e. The minimum Gasteiger partial charge on any atom is -0.505 e. The molecule has 1 heterocycles. The molecule has 0 radical (unpaired) electrons. The molecule has 0 unspecified atom stereocenters. The number of amides is 1. The molecule has 0 saturated heterocycles. The first-order valence-corrected chi connectivity index (χ1v) is 5.21. The molecule has 16 heavy (non-hydrogen) atoms. The molecular formula is C11H17N3O2. The van der Waals surface area contributed by atoms with Crippen LogP contribution in [0.15, 0.2) is 18.3 Å². The van der Waals surface area contributed by atoms with E-state index in [-0.39, 0.29) is 17.4 Å². The Morgan fingerprint density at radius 3 is 3.00 bits per heavy atom. The molecule has 0 bridgehead atoms. The third-order valence-corrected chi connectivity index (χ3v) is 2.26. The Hall–Kier alpha value is -1.62. The highest BCUT2D eigenvalue weighted by Gasteiger charge is 2.16. The van der Waals surface area contributed by atoms with Gasteiger partial charge in [-0.15, -0.1) is 0 Å². The van der Waals surface area contributed by atoms with Crippen LogP contribution < -0.4 is 5.32 Å². The molecule has 5 heteroatoms. The van der Waals surface area contributed by atoms with E-state index in [1.807, 2.05) is 7.05 Å². The SMILES string of the molecule is CNCCCN(C)C(=O)c1ncccc1O. The van der Waals surface area contributed by atoms with Gasteiger partial charge in [0.15, 0.2) is 5.69 Å². The topological polar surface area (TPSA) is 65.5 Å². The van der Waals surface area contributed by atoms with Crippen molar-refractivity contribution in [2.24, 2.45) is 0 Å². The van der Waals surface area contributed by atoms with Crippen LogP contribution in [0.2, 0.25) is 0 Å². The average molecular weight is 223 g/mol. The highest BCUT2D eigenvalue weighted by Crippen LogP contribution is 2.14. The van der Waals surface area contributed by atoms with Gasteiger partial charge in [0.25, 0.3) is 5.91 Å². The number of aromatic nitrogens is 1. The Bertz CT molecular complexity index is 355. The van der Waals surface area contributed by atoms with Crippen molar-refractivity contribution in [2.75, 3.05) is 27.2 Å². The maximum atomic E-state index is 11.8. The third-order valence-electron chi connectivity index (χ3n) is 2.26. The standard InChI is InChI=1S/C11H17N3O2/c1-12-6-4-8-14(2)11(16)10-9(15)5-3-7-13-10/h3,5,7,12,15H,4,6,8H2,1-2H3.